The first-order valence-electron chi connectivity index (χ1n) is 2.40. The van der Waals surface area contributed by atoms with Crippen LogP contribution in [0.3, 0.4) is 0 Å². The predicted octanol–water partition coefficient (Wildman–Crippen LogP) is 0.888. The van der Waals surface area contributed by atoms with Crippen LogP contribution in [0.25, 0.3) is 0 Å². The standard InChI is InChI=1S/C5H8O3.CH3.Fe/c1-2-4(6)3-5(7)8;;/h2-3H2,1H3,(H,7,8);1H3;/q;-1;. The summed E-state index contributed by atoms with van der Waals surface area (Å²) in [6.45, 7) is 1.64. The Morgan fingerprint density at radius 2 is 1.80 bits per heavy atom. The molecule has 62 valence electrons. The molecule has 0 bridgehead atoms. The van der Waals surface area contributed by atoms with Crippen molar-refractivity contribution in [1.29, 1.82) is 0 Å². The van der Waals surface area contributed by atoms with Gasteiger partial charge in [0.2, 0.25) is 0 Å². The number of carbonyl (C=O) groups is 2. The third kappa shape index (κ3) is 10.6. The predicted molar refractivity (Wildman–Crippen MR) is 34.0 cm³/mol. The van der Waals surface area contributed by atoms with Crippen molar-refractivity contribution < 1.29 is 31.8 Å². The van der Waals surface area contributed by atoms with Gasteiger partial charge in [-0.05, 0) is 0 Å². The number of Topliss-reactive ketones (excluding diaryl/α,β-unsaturated/α-hetero) is 1. The summed E-state index contributed by atoms with van der Waals surface area (Å²) in [5, 5.41) is 7.99. The van der Waals surface area contributed by atoms with Gasteiger partial charge < -0.3 is 12.5 Å². The van der Waals surface area contributed by atoms with E-state index in [1.54, 1.807) is 6.92 Å². The van der Waals surface area contributed by atoms with Crippen LogP contribution in [0, 0.1) is 7.43 Å². The zero-order chi connectivity index (χ0) is 6.57. The molecule has 0 aliphatic heterocycles. The quantitative estimate of drug-likeness (QED) is 0.405. The Kier molecular flexibility index (Phi) is 14.1. The second-order valence-electron chi connectivity index (χ2n) is 1.46. The fraction of sp³-hybridized carbons (Fsp3) is 0.500. The minimum atomic E-state index is -1.04. The van der Waals surface area contributed by atoms with E-state index in [0.717, 1.165) is 0 Å². The van der Waals surface area contributed by atoms with Crippen LogP contribution in [0.2, 0.25) is 0 Å². The summed E-state index contributed by atoms with van der Waals surface area (Å²) >= 11 is 0. The Balaban J connectivity index is -0.000000245. The maximum atomic E-state index is 10.2. The first kappa shape index (κ1) is 16.3. The number of carboxylic acid groups (broad SMARTS) is 1. The van der Waals surface area contributed by atoms with Gasteiger partial charge in [-0.15, -0.1) is 0 Å². The molecule has 0 amide bonds. The Hall–Kier alpha value is -0.341. The van der Waals surface area contributed by atoms with E-state index in [0.29, 0.717) is 6.42 Å². The molecule has 1 N–H and O–H groups in total. The first-order valence-corrected chi connectivity index (χ1v) is 2.40. The van der Waals surface area contributed by atoms with Crippen LogP contribution in [0.15, 0.2) is 0 Å². The first-order chi connectivity index (χ1) is 3.66. The third-order valence-corrected chi connectivity index (χ3v) is 0.743. The topological polar surface area (TPSA) is 54.4 Å². The van der Waals surface area contributed by atoms with Gasteiger partial charge in [0.25, 0.3) is 0 Å². The molecule has 0 atom stereocenters. The van der Waals surface area contributed by atoms with Crippen LogP contribution < -0.4 is 0 Å². The summed E-state index contributed by atoms with van der Waals surface area (Å²) in [6.07, 6.45) is -0.0250. The molecule has 0 fully saturated rings. The van der Waals surface area contributed by atoms with Gasteiger partial charge >= 0.3 is 5.97 Å². The molecular weight excluding hydrogens is 176 g/mol. The molecule has 0 aromatic heterocycles. The van der Waals surface area contributed by atoms with E-state index in [4.69, 9.17) is 5.11 Å². The molecule has 0 aromatic carbocycles. The largest absolute Gasteiger partial charge is 0.481 e. The summed E-state index contributed by atoms with van der Waals surface area (Å²) in [6, 6.07) is 0. The van der Waals surface area contributed by atoms with E-state index in [1.165, 1.54) is 0 Å². The van der Waals surface area contributed by atoms with E-state index in [2.05, 4.69) is 0 Å². The zero-order valence-corrected chi connectivity index (χ0v) is 7.14. The van der Waals surface area contributed by atoms with Crippen molar-refractivity contribution in [2.24, 2.45) is 0 Å². The Labute approximate surface area is 71.3 Å². The van der Waals surface area contributed by atoms with E-state index in [1.807, 2.05) is 0 Å². The van der Waals surface area contributed by atoms with Gasteiger partial charge in [-0.2, -0.15) is 0 Å². The average Bonchev–Trinajstić information content (AvgIpc) is 1.65. The van der Waals surface area contributed by atoms with Gasteiger partial charge in [-0.1, -0.05) is 6.92 Å². The van der Waals surface area contributed by atoms with Gasteiger partial charge in [0.1, 0.15) is 12.2 Å². The monoisotopic (exact) mass is 187 g/mol. The van der Waals surface area contributed by atoms with Crippen LogP contribution in [0.4, 0.5) is 0 Å². The minimum Gasteiger partial charge on any atom is -0.481 e. The molecule has 0 radical (unpaired) electrons. The van der Waals surface area contributed by atoms with Gasteiger partial charge in [-0.25, -0.2) is 0 Å². The molecular formula is C6H11FeO3-. The van der Waals surface area contributed by atoms with Gasteiger partial charge in [0.15, 0.2) is 0 Å². The van der Waals surface area contributed by atoms with Crippen LogP contribution in [-0.2, 0) is 26.7 Å². The molecule has 0 aliphatic carbocycles. The molecule has 4 heteroatoms. The number of hydrogen-bond donors (Lipinski definition) is 1. The van der Waals surface area contributed by atoms with Crippen molar-refractivity contribution >= 4 is 11.8 Å². The van der Waals surface area contributed by atoms with E-state index < -0.39 is 5.97 Å². The zero-order valence-electron chi connectivity index (χ0n) is 6.03. The van der Waals surface area contributed by atoms with Gasteiger partial charge in [0, 0.05) is 23.5 Å². The SMILES string of the molecule is CCC(=O)CC(=O)O.[CH3-].[Fe]. The fourth-order valence-corrected chi connectivity index (χ4v) is 0.294. The summed E-state index contributed by atoms with van der Waals surface area (Å²) < 4.78 is 0. The molecule has 0 saturated carbocycles. The maximum absolute atomic E-state index is 10.2. The molecule has 0 spiro atoms. The second-order valence-corrected chi connectivity index (χ2v) is 1.46. The Morgan fingerprint density at radius 1 is 1.40 bits per heavy atom. The number of aliphatic carboxylic acids is 1. The summed E-state index contributed by atoms with van der Waals surface area (Å²) in [4.78, 5) is 20.0. The van der Waals surface area contributed by atoms with Gasteiger partial charge in [0.05, 0.1) is 0 Å². The minimum absolute atomic E-state index is 0. The molecule has 0 aliphatic rings. The molecule has 3 nitrogen and oxygen atoms in total. The number of hydrogen-bond acceptors (Lipinski definition) is 2. The smallest absolute Gasteiger partial charge is 0.310 e. The van der Waals surface area contributed by atoms with Crippen molar-refractivity contribution in [3.05, 3.63) is 7.43 Å². The van der Waals surface area contributed by atoms with E-state index in [-0.39, 0.29) is 36.7 Å². The van der Waals surface area contributed by atoms with Crippen LogP contribution in [0.1, 0.15) is 19.8 Å². The van der Waals surface area contributed by atoms with Crippen molar-refractivity contribution in [1.82, 2.24) is 0 Å². The molecule has 0 rings (SSSR count). The maximum Gasteiger partial charge on any atom is 0.310 e. The van der Waals surface area contributed by atoms with E-state index in [9.17, 15) is 9.59 Å². The van der Waals surface area contributed by atoms with Crippen LogP contribution in [0.5, 0.6) is 0 Å². The van der Waals surface area contributed by atoms with E-state index >= 15 is 0 Å². The van der Waals surface area contributed by atoms with Crippen LogP contribution in [-0.4, -0.2) is 16.9 Å². The van der Waals surface area contributed by atoms with Crippen LogP contribution >= 0.6 is 0 Å². The van der Waals surface area contributed by atoms with Crippen molar-refractivity contribution in [3.8, 4) is 0 Å². The van der Waals surface area contributed by atoms with Crippen molar-refractivity contribution in [3.63, 3.8) is 0 Å². The Morgan fingerprint density at radius 3 is 1.90 bits per heavy atom. The molecule has 0 unspecified atom stereocenters. The summed E-state index contributed by atoms with van der Waals surface area (Å²) in [5.41, 5.74) is 0. The normalized spacial score (nSPS) is 6.90. The number of carboxylic acids is 1. The van der Waals surface area contributed by atoms with Crippen molar-refractivity contribution in [2.75, 3.05) is 0 Å². The molecule has 10 heavy (non-hydrogen) atoms. The number of rotatable bonds is 3. The third-order valence-electron chi connectivity index (χ3n) is 0.743. The average molecular weight is 187 g/mol. The number of carbonyl (C=O) groups excluding carboxylic acids is 1. The van der Waals surface area contributed by atoms with Gasteiger partial charge in [-0.3, -0.25) is 9.59 Å². The second kappa shape index (κ2) is 8.66. The summed E-state index contributed by atoms with van der Waals surface area (Å²) in [5.74, 6) is -1.27. The molecule has 0 aromatic rings. The fourth-order valence-electron chi connectivity index (χ4n) is 0.294. The number of ketones is 1. The summed E-state index contributed by atoms with van der Waals surface area (Å²) in [7, 11) is 0. The Bertz CT molecular complexity index is 112. The molecule has 0 heterocycles. The van der Waals surface area contributed by atoms with Crippen molar-refractivity contribution in [2.45, 2.75) is 19.8 Å². The molecule has 0 saturated heterocycles.